The number of rotatable bonds is 6. The van der Waals surface area contributed by atoms with Gasteiger partial charge in [0.25, 0.3) is 11.8 Å². The van der Waals surface area contributed by atoms with Gasteiger partial charge in [-0.2, -0.15) is 0 Å². The minimum atomic E-state index is -0.272. The predicted molar refractivity (Wildman–Crippen MR) is 93.5 cm³/mol. The number of benzene rings is 1. The molecule has 9 heteroatoms. The Hall–Kier alpha value is -2.52. The number of aromatic nitrogens is 4. The van der Waals surface area contributed by atoms with Crippen molar-refractivity contribution in [3.63, 3.8) is 0 Å². The minimum absolute atomic E-state index is 0.186. The molecular weight excluding hydrogens is 358 g/mol. The molecule has 0 fully saturated rings. The second-order valence-electron chi connectivity index (χ2n) is 5.37. The van der Waals surface area contributed by atoms with Crippen molar-refractivity contribution in [2.45, 2.75) is 18.1 Å². The van der Waals surface area contributed by atoms with Crippen molar-refractivity contribution in [1.29, 1.82) is 0 Å². The van der Waals surface area contributed by atoms with Crippen LogP contribution < -0.4 is 0 Å². The summed E-state index contributed by atoms with van der Waals surface area (Å²) in [5.74, 6) is -0.359. The Labute approximate surface area is 151 Å². The number of amides is 2. The van der Waals surface area contributed by atoms with Crippen molar-refractivity contribution in [2.24, 2.45) is 0 Å². The molecule has 0 aliphatic carbocycles. The van der Waals surface area contributed by atoms with Crippen molar-refractivity contribution < 1.29 is 9.59 Å². The molecule has 3 heterocycles. The summed E-state index contributed by atoms with van der Waals surface area (Å²) in [6.45, 7) is 0.651. The van der Waals surface area contributed by atoms with E-state index in [1.807, 2.05) is 11.4 Å². The van der Waals surface area contributed by atoms with E-state index < -0.39 is 0 Å². The molecule has 1 aliphatic heterocycles. The van der Waals surface area contributed by atoms with Crippen LogP contribution in [0.3, 0.4) is 0 Å². The lowest BCUT2D eigenvalue weighted by atomic mass is 10.1. The largest absolute Gasteiger partial charge is 0.269 e. The highest BCUT2D eigenvalue weighted by Crippen LogP contribution is 2.26. The van der Waals surface area contributed by atoms with Crippen LogP contribution in [0.1, 0.15) is 25.6 Å². The quantitative estimate of drug-likeness (QED) is 0.489. The van der Waals surface area contributed by atoms with E-state index in [1.165, 1.54) is 21.5 Å². The molecule has 1 aliphatic rings. The number of hydrogen-bond donors (Lipinski definition) is 0. The molecule has 0 atom stereocenters. The summed E-state index contributed by atoms with van der Waals surface area (Å²) in [4.78, 5) is 27.2. The van der Waals surface area contributed by atoms with Gasteiger partial charge in [-0.15, -0.1) is 16.4 Å². The van der Waals surface area contributed by atoms with Crippen LogP contribution in [0.4, 0.5) is 0 Å². The normalized spacial score (nSPS) is 13.5. The number of nitrogens with zero attached hydrogens (tertiary/aromatic N) is 5. The van der Waals surface area contributed by atoms with E-state index in [4.69, 9.17) is 0 Å². The van der Waals surface area contributed by atoms with Crippen LogP contribution >= 0.6 is 23.1 Å². The lowest BCUT2D eigenvalue weighted by Gasteiger charge is -2.12. The molecule has 7 nitrogen and oxygen atoms in total. The van der Waals surface area contributed by atoms with Crippen LogP contribution in [0, 0.1) is 0 Å². The highest BCUT2D eigenvalue weighted by atomic mass is 32.2. The van der Waals surface area contributed by atoms with Crippen LogP contribution in [0.25, 0.3) is 0 Å². The first-order valence-electron chi connectivity index (χ1n) is 7.60. The van der Waals surface area contributed by atoms with Crippen molar-refractivity contribution in [1.82, 2.24) is 25.1 Å². The second kappa shape index (κ2) is 6.77. The standard InChI is InChI=1S/C16H13N5O2S2/c22-14-12-5-1-2-6-13(12)15(23)20(14)10-25-16-17-18-19-21(16)8-7-11-4-3-9-24-11/h1-6,9H,7-8,10H2. The first-order valence-corrected chi connectivity index (χ1v) is 9.47. The smallest absolute Gasteiger partial charge is 0.262 e. The summed E-state index contributed by atoms with van der Waals surface area (Å²) >= 11 is 2.97. The van der Waals surface area contributed by atoms with Crippen LogP contribution in [-0.4, -0.2) is 42.8 Å². The van der Waals surface area contributed by atoms with E-state index in [9.17, 15) is 9.59 Å². The van der Waals surface area contributed by atoms with Gasteiger partial charge in [-0.1, -0.05) is 30.0 Å². The average Bonchev–Trinajstić information content (AvgIpc) is 3.35. The molecule has 3 aromatic rings. The summed E-state index contributed by atoms with van der Waals surface area (Å²) < 4.78 is 1.70. The SMILES string of the molecule is O=C1c2ccccc2C(=O)N1CSc1nnnn1CCc1cccs1. The van der Waals surface area contributed by atoms with Gasteiger partial charge in [0.05, 0.1) is 23.5 Å². The van der Waals surface area contributed by atoms with Crippen molar-refractivity contribution in [3.05, 3.63) is 57.8 Å². The number of aryl methyl sites for hydroxylation is 2. The Morgan fingerprint density at radius 3 is 2.48 bits per heavy atom. The molecule has 0 unspecified atom stereocenters. The molecule has 0 radical (unpaired) electrons. The van der Waals surface area contributed by atoms with Crippen molar-refractivity contribution >= 4 is 34.9 Å². The number of tetrazole rings is 1. The molecular formula is C16H13N5O2S2. The number of imide groups is 1. The zero-order valence-corrected chi connectivity index (χ0v) is 14.7. The third-order valence-corrected chi connectivity index (χ3v) is 5.72. The summed E-state index contributed by atoms with van der Waals surface area (Å²) in [6, 6.07) is 10.9. The molecule has 2 aromatic heterocycles. The summed E-state index contributed by atoms with van der Waals surface area (Å²) in [5, 5.41) is 14.3. The number of carbonyl (C=O) groups excluding carboxylic acids is 2. The molecule has 2 amide bonds. The van der Waals surface area contributed by atoms with Crippen LogP contribution in [0.15, 0.2) is 46.9 Å². The maximum atomic E-state index is 12.4. The molecule has 126 valence electrons. The summed E-state index contributed by atoms with van der Waals surface area (Å²) in [7, 11) is 0. The summed E-state index contributed by atoms with van der Waals surface area (Å²) in [5.41, 5.74) is 0.899. The third kappa shape index (κ3) is 3.08. The molecule has 0 spiro atoms. The Morgan fingerprint density at radius 2 is 1.80 bits per heavy atom. The summed E-state index contributed by atoms with van der Waals surface area (Å²) in [6.07, 6.45) is 0.837. The van der Waals surface area contributed by atoms with E-state index in [-0.39, 0.29) is 17.7 Å². The van der Waals surface area contributed by atoms with Gasteiger partial charge in [0, 0.05) is 11.3 Å². The van der Waals surface area contributed by atoms with E-state index in [0.717, 1.165) is 6.42 Å². The monoisotopic (exact) mass is 371 g/mol. The Bertz CT molecular complexity index is 887. The van der Waals surface area contributed by atoms with Gasteiger partial charge in [0.1, 0.15) is 0 Å². The lowest BCUT2D eigenvalue weighted by Crippen LogP contribution is -2.29. The van der Waals surface area contributed by atoms with Gasteiger partial charge >= 0.3 is 0 Å². The van der Waals surface area contributed by atoms with Gasteiger partial charge in [-0.05, 0) is 34.0 Å². The molecule has 4 rings (SSSR count). The van der Waals surface area contributed by atoms with E-state index >= 15 is 0 Å². The van der Waals surface area contributed by atoms with E-state index in [0.29, 0.717) is 22.8 Å². The predicted octanol–water partition coefficient (Wildman–Crippen LogP) is 2.32. The number of thiophene rings is 1. The molecule has 0 bridgehead atoms. The number of hydrogen-bond acceptors (Lipinski definition) is 7. The topological polar surface area (TPSA) is 81.0 Å². The number of fused-ring (bicyclic) bond motifs is 1. The van der Waals surface area contributed by atoms with E-state index in [1.54, 1.807) is 40.3 Å². The lowest BCUT2D eigenvalue weighted by molar-refractivity contribution is 0.0684. The first-order chi connectivity index (χ1) is 12.2. The number of carbonyl (C=O) groups is 2. The fourth-order valence-corrected chi connectivity index (χ4v) is 4.14. The van der Waals surface area contributed by atoms with Gasteiger partial charge in [-0.3, -0.25) is 14.5 Å². The zero-order valence-electron chi connectivity index (χ0n) is 13.0. The molecule has 0 N–H and O–H groups in total. The van der Waals surface area contributed by atoms with E-state index in [2.05, 4.69) is 21.6 Å². The fourth-order valence-electron chi connectivity index (χ4n) is 2.59. The second-order valence-corrected chi connectivity index (χ2v) is 7.32. The molecule has 25 heavy (non-hydrogen) atoms. The molecule has 0 saturated heterocycles. The maximum absolute atomic E-state index is 12.4. The van der Waals surface area contributed by atoms with Gasteiger partial charge < -0.3 is 0 Å². The van der Waals surface area contributed by atoms with Crippen molar-refractivity contribution in [2.75, 3.05) is 5.88 Å². The Kier molecular flexibility index (Phi) is 4.33. The van der Waals surface area contributed by atoms with Crippen molar-refractivity contribution in [3.8, 4) is 0 Å². The van der Waals surface area contributed by atoms with Crippen LogP contribution in [0.2, 0.25) is 0 Å². The average molecular weight is 371 g/mol. The van der Waals surface area contributed by atoms with Gasteiger partial charge in [-0.25, -0.2) is 4.68 Å². The first kappa shape index (κ1) is 16.0. The van der Waals surface area contributed by atoms with Gasteiger partial charge in [0.2, 0.25) is 5.16 Å². The minimum Gasteiger partial charge on any atom is -0.269 e. The highest BCUT2D eigenvalue weighted by Gasteiger charge is 2.35. The fraction of sp³-hybridized carbons (Fsp3) is 0.188. The van der Waals surface area contributed by atoms with Crippen LogP contribution in [0.5, 0.6) is 0 Å². The molecule has 0 saturated carbocycles. The maximum Gasteiger partial charge on any atom is 0.262 e. The highest BCUT2D eigenvalue weighted by molar-refractivity contribution is 7.99. The Balaban J connectivity index is 1.42. The molecule has 1 aromatic carbocycles. The Morgan fingerprint density at radius 1 is 1.04 bits per heavy atom. The van der Waals surface area contributed by atoms with Gasteiger partial charge in [0.15, 0.2) is 0 Å². The number of thioether (sulfide) groups is 1. The van der Waals surface area contributed by atoms with Crippen LogP contribution in [-0.2, 0) is 13.0 Å². The third-order valence-electron chi connectivity index (χ3n) is 3.85. The zero-order chi connectivity index (χ0) is 17.2.